The number of benzene rings is 2. The Bertz CT molecular complexity index is 450. The minimum Gasteiger partial charge on any atom is -0.327 e. The summed E-state index contributed by atoms with van der Waals surface area (Å²) in [5.74, 6) is 0. The van der Waals surface area contributed by atoms with Gasteiger partial charge in [0.25, 0.3) is 0 Å². The van der Waals surface area contributed by atoms with Crippen molar-refractivity contribution >= 4 is 0 Å². The Morgan fingerprint density at radius 2 is 1.26 bits per heavy atom. The Labute approximate surface area is 116 Å². The molecule has 1 heteroatoms. The molecule has 1 nitrogen and oxygen atoms in total. The molecule has 2 aromatic carbocycles. The normalized spacial score (nSPS) is 13.2. The highest BCUT2D eigenvalue weighted by Gasteiger charge is 2.37. The van der Waals surface area contributed by atoms with E-state index in [9.17, 15) is 0 Å². The molecule has 0 fully saturated rings. The minimum absolute atomic E-state index is 0.0860. The first-order chi connectivity index (χ1) is 9.25. The summed E-state index contributed by atoms with van der Waals surface area (Å²) >= 11 is 0. The van der Waals surface area contributed by atoms with Crippen molar-refractivity contribution < 1.29 is 0 Å². The van der Waals surface area contributed by atoms with Crippen molar-refractivity contribution in [1.82, 2.24) is 0 Å². The monoisotopic (exact) mass is 253 g/mol. The molecule has 2 rings (SSSR count). The molecular formula is C18H23N. The van der Waals surface area contributed by atoms with Crippen LogP contribution in [0.5, 0.6) is 0 Å². The van der Waals surface area contributed by atoms with E-state index in [0.29, 0.717) is 0 Å². The second-order valence-electron chi connectivity index (χ2n) is 5.07. The van der Waals surface area contributed by atoms with Gasteiger partial charge in [-0.05, 0) is 24.0 Å². The van der Waals surface area contributed by atoms with Crippen LogP contribution in [0.15, 0.2) is 60.7 Å². The van der Waals surface area contributed by atoms with Crippen LogP contribution >= 0.6 is 0 Å². The van der Waals surface area contributed by atoms with Crippen LogP contribution in [0.4, 0.5) is 0 Å². The Balaban J connectivity index is 2.62. The topological polar surface area (TPSA) is 26.0 Å². The molecule has 0 saturated carbocycles. The average Bonchev–Trinajstić information content (AvgIpc) is 2.50. The zero-order valence-electron chi connectivity index (χ0n) is 11.8. The molecule has 0 aliphatic heterocycles. The Morgan fingerprint density at radius 3 is 1.58 bits per heavy atom. The second kappa shape index (κ2) is 6.03. The van der Waals surface area contributed by atoms with Gasteiger partial charge < -0.3 is 5.73 Å². The first-order valence-electron chi connectivity index (χ1n) is 7.12. The van der Waals surface area contributed by atoms with Crippen LogP contribution in [0.25, 0.3) is 0 Å². The van der Waals surface area contributed by atoms with Crippen molar-refractivity contribution in [1.29, 1.82) is 0 Å². The van der Waals surface area contributed by atoms with Gasteiger partial charge in [0.05, 0.1) is 0 Å². The predicted molar refractivity (Wildman–Crippen MR) is 82.2 cm³/mol. The highest BCUT2D eigenvalue weighted by Crippen LogP contribution is 2.39. The summed E-state index contributed by atoms with van der Waals surface area (Å²) in [5, 5.41) is 0. The van der Waals surface area contributed by atoms with E-state index < -0.39 is 0 Å². The van der Waals surface area contributed by atoms with Crippen LogP contribution in [0.3, 0.4) is 0 Å². The molecule has 0 aromatic heterocycles. The van der Waals surface area contributed by atoms with Gasteiger partial charge in [-0.25, -0.2) is 0 Å². The lowest BCUT2D eigenvalue weighted by atomic mass is 9.67. The van der Waals surface area contributed by atoms with Crippen LogP contribution < -0.4 is 5.73 Å². The summed E-state index contributed by atoms with van der Waals surface area (Å²) in [4.78, 5) is 0. The van der Waals surface area contributed by atoms with E-state index in [1.165, 1.54) is 11.1 Å². The van der Waals surface area contributed by atoms with Crippen LogP contribution in [0.2, 0.25) is 0 Å². The number of rotatable bonds is 5. The molecule has 19 heavy (non-hydrogen) atoms. The quantitative estimate of drug-likeness (QED) is 0.852. The highest BCUT2D eigenvalue weighted by atomic mass is 14.7. The van der Waals surface area contributed by atoms with Gasteiger partial charge in [0.15, 0.2) is 0 Å². The van der Waals surface area contributed by atoms with E-state index in [-0.39, 0.29) is 11.5 Å². The number of hydrogen-bond donors (Lipinski definition) is 1. The van der Waals surface area contributed by atoms with E-state index in [1.54, 1.807) is 0 Å². The summed E-state index contributed by atoms with van der Waals surface area (Å²) in [6.45, 7) is 4.40. The van der Waals surface area contributed by atoms with Crippen LogP contribution in [0.1, 0.15) is 37.8 Å². The van der Waals surface area contributed by atoms with Crippen molar-refractivity contribution in [2.24, 2.45) is 5.73 Å². The molecule has 0 bridgehead atoms. The Morgan fingerprint density at radius 1 is 0.842 bits per heavy atom. The fourth-order valence-corrected chi connectivity index (χ4v) is 3.08. The fourth-order valence-electron chi connectivity index (χ4n) is 3.08. The van der Waals surface area contributed by atoms with E-state index in [0.717, 1.165) is 12.8 Å². The summed E-state index contributed by atoms with van der Waals surface area (Å²) < 4.78 is 0. The molecule has 0 aliphatic carbocycles. The summed E-state index contributed by atoms with van der Waals surface area (Å²) in [6.07, 6.45) is 1.98. The first-order valence-corrected chi connectivity index (χ1v) is 7.12. The molecular weight excluding hydrogens is 230 g/mol. The highest BCUT2D eigenvalue weighted by molar-refractivity contribution is 5.41. The van der Waals surface area contributed by atoms with E-state index in [1.807, 2.05) is 0 Å². The molecule has 100 valence electrons. The van der Waals surface area contributed by atoms with Gasteiger partial charge >= 0.3 is 0 Å². The van der Waals surface area contributed by atoms with Gasteiger partial charge in [0.1, 0.15) is 0 Å². The molecule has 1 atom stereocenters. The molecule has 1 unspecified atom stereocenters. The van der Waals surface area contributed by atoms with Crippen LogP contribution in [-0.4, -0.2) is 6.04 Å². The van der Waals surface area contributed by atoms with Gasteiger partial charge in [0, 0.05) is 11.5 Å². The number of hydrogen-bond acceptors (Lipinski definition) is 1. The van der Waals surface area contributed by atoms with E-state index in [2.05, 4.69) is 74.5 Å². The SMILES string of the molecule is CCC(N)C(CC)(c1ccccc1)c1ccccc1. The maximum Gasteiger partial charge on any atom is 0.0350 e. The Kier molecular flexibility index (Phi) is 4.39. The van der Waals surface area contributed by atoms with Crippen LogP contribution in [0, 0.1) is 0 Å². The molecule has 0 aliphatic rings. The van der Waals surface area contributed by atoms with Crippen LogP contribution in [-0.2, 0) is 5.41 Å². The molecule has 2 aromatic rings. The lowest BCUT2D eigenvalue weighted by molar-refractivity contribution is 0.384. The summed E-state index contributed by atoms with van der Waals surface area (Å²) in [7, 11) is 0. The fraction of sp³-hybridized carbons (Fsp3) is 0.333. The molecule has 0 saturated heterocycles. The van der Waals surface area contributed by atoms with Crippen molar-refractivity contribution in [2.75, 3.05) is 0 Å². The molecule has 0 amide bonds. The van der Waals surface area contributed by atoms with Gasteiger partial charge in [-0.1, -0.05) is 74.5 Å². The van der Waals surface area contributed by atoms with Crippen molar-refractivity contribution in [3.05, 3.63) is 71.8 Å². The third kappa shape index (κ3) is 2.43. The lowest BCUT2D eigenvalue weighted by Gasteiger charge is -2.39. The molecule has 0 radical (unpaired) electrons. The van der Waals surface area contributed by atoms with Gasteiger partial charge in [-0.2, -0.15) is 0 Å². The lowest BCUT2D eigenvalue weighted by Crippen LogP contribution is -2.45. The largest absolute Gasteiger partial charge is 0.327 e. The summed E-state index contributed by atoms with van der Waals surface area (Å²) in [6, 6.07) is 21.5. The molecule has 2 N–H and O–H groups in total. The van der Waals surface area contributed by atoms with E-state index >= 15 is 0 Å². The average molecular weight is 253 g/mol. The number of nitrogens with two attached hydrogens (primary N) is 1. The van der Waals surface area contributed by atoms with Gasteiger partial charge in [0.2, 0.25) is 0 Å². The third-order valence-corrected chi connectivity index (χ3v) is 4.21. The van der Waals surface area contributed by atoms with Gasteiger partial charge in [-0.3, -0.25) is 0 Å². The Hall–Kier alpha value is -1.60. The second-order valence-corrected chi connectivity index (χ2v) is 5.07. The maximum absolute atomic E-state index is 6.53. The molecule has 0 spiro atoms. The minimum atomic E-state index is -0.0860. The van der Waals surface area contributed by atoms with E-state index in [4.69, 9.17) is 5.73 Å². The smallest absolute Gasteiger partial charge is 0.0350 e. The van der Waals surface area contributed by atoms with Crippen molar-refractivity contribution in [3.8, 4) is 0 Å². The molecule has 0 heterocycles. The standard InChI is InChI=1S/C18H23N/c1-3-17(19)18(4-2,15-11-7-5-8-12-15)16-13-9-6-10-14-16/h5-14,17H,3-4,19H2,1-2H3. The zero-order chi connectivity index (χ0) is 13.7. The zero-order valence-corrected chi connectivity index (χ0v) is 11.8. The first kappa shape index (κ1) is 13.8. The maximum atomic E-state index is 6.53. The van der Waals surface area contributed by atoms with Crippen molar-refractivity contribution in [3.63, 3.8) is 0 Å². The third-order valence-electron chi connectivity index (χ3n) is 4.21. The van der Waals surface area contributed by atoms with Crippen molar-refractivity contribution in [2.45, 2.75) is 38.1 Å². The van der Waals surface area contributed by atoms with Gasteiger partial charge in [-0.15, -0.1) is 0 Å². The predicted octanol–water partition coefficient (Wildman–Crippen LogP) is 4.12. The summed E-state index contributed by atoms with van der Waals surface area (Å²) in [5.41, 5.74) is 9.08.